The van der Waals surface area contributed by atoms with E-state index >= 15 is 0 Å². The highest BCUT2D eigenvalue weighted by atomic mass is 32.2. The van der Waals surface area contributed by atoms with E-state index in [2.05, 4.69) is 10.6 Å². The van der Waals surface area contributed by atoms with Crippen LogP contribution in [0.2, 0.25) is 0 Å². The highest BCUT2D eigenvalue weighted by Gasteiger charge is 2.28. The fraction of sp³-hybridized carbons (Fsp3) is 0.333. The van der Waals surface area contributed by atoms with Crippen molar-refractivity contribution in [2.75, 3.05) is 29.0 Å². The number of carbonyl (C=O) groups excluding carboxylic acids is 2. The van der Waals surface area contributed by atoms with Crippen LogP contribution in [-0.4, -0.2) is 39.6 Å². The Hall–Kier alpha value is -2.09. The second-order valence-corrected chi connectivity index (χ2v) is 6.34. The SMILES string of the molecule is CNC(=O)C(=O)Nc1cccc(N2CCCS2(=O)=O)c1. The summed E-state index contributed by atoms with van der Waals surface area (Å²) < 4.78 is 25.0. The highest BCUT2D eigenvalue weighted by molar-refractivity contribution is 7.93. The maximum absolute atomic E-state index is 11.8. The van der Waals surface area contributed by atoms with Crippen LogP contribution in [0.15, 0.2) is 24.3 Å². The number of amides is 2. The fourth-order valence-corrected chi connectivity index (χ4v) is 3.53. The first kappa shape index (κ1) is 14.3. The van der Waals surface area contributed by atoms with Gasteiger partial charge < -0.3 is 10.6 Å². The number of hydrogen-bond acceptors (Lipinski definition) is 4. The van der Waals surface area contributed by atoms with Crippen molar-refractivity contribution in [1.82, 2.24) is 5.32 Å². The fourth-order valence-electron chi connectivity index (χ4n) is 1.97. The number of carbonyl (C=O) groups is 2. The molecular weight excluding hydrogens is 282 g/mol. The van der Waals surface area contributed by atoms with Gasteiger partial charge in [-0.25, -0.2) is 8.42 Å². The van der Waals surface area contributed by atoms with Crippen molar-refractivity contribution >= 4 is 33.2 Å². The number of sulfonamides is 1. The van der Waals surface area contributed by atoms with Gasteiger partial charge in [-0.15, -0.1) is 0 Å². The topological polar surface area (TPSA) is 95.6 Å². The number of benzene rings is 1. The molecule has 0 bridgehead atoms. The third-order valence-electron chi connectivity index (χ3n) is 2.92. The Bertz CT molecular complexity index is 642. The van der Waals surface area contributed by atoms with Crippen LogP contribution in [0.5, 0.6) is 0 Å². The highest BCUT2D eigenvalue weighted by Crippen LogP contribution is 2.26. The van der Waals surface area contributed by atoms with E-state index in [0.29, 0.717) is 24.3 Å². The molecule has 8 heteroatoms. The van der Waals surface area contributed by atoms with Crippen LogP contribution < -0.4 is 14.9 Å². The molecule has 1 aromatic rings. The second kappa shape index (κ2) is 5.49. The summed E-state index contributed by atoms with van der Waals surface area (Å²) in [6, 6.07) is 6.40. The monoisotopic (exact) mass is 297 g/mol. The zero-order chi connectivity index (χ0) is 14.8. The number of rotatable bonds is 2. The molecule has 108 valence electrons. The summed E-state index contributed by atoms with van der Waals surface area (Å²) in [5, 5.41) is 4.62. The van der Waals surface area contributed by atoms with E-state index in [1.165, 1.54) is 17.4 Å². The maximum Gasteiger partial charge on any atom is 0.313 e. The first-order chi connectivity index (χ1) is 9.44. The van der Waals surface area contributed by atoms with Gasteiger partial charge in [-0.05, 0) is 24.6 Å². The van der Waals surface area contributed by atoms with Gasteiger partial charge >= 0.3 is 11.8 Å². The molecule has 2 amide bonds. The van der Waals surface area contributed by atoms with Gasteiger partial charge in [0, 0.05) is 19.3 Å². The van der Waals surface area contributed by atoms with Crippen LogP contribution >= 0.6 is 0 Å². The average Bonchev–Trinajstić information content (AvgIpc) is 2.77. The number of likely N-dealkylation sites (N-methyl/N-ethyl adjacent to an activating group) is 1. The smallest absolute Gasteiger partial charge is 0.313 e. The minimum atomic E-state index is -3.27. The molecule has 1 fully saturated rings. The summed E-state index contributed by atoms with van der Waals surface area (Å²) in [5.74, 6) is -1.43. The molecular formula is C12H15N3O4S. The average molecular weight is 297 g/mol. The lowest BCUT2D eigenvalue weighted by molar-refractivity contribution is -0.135. The molecule has 1 saturated heterocycles. The summed E-state index contributed by atoms with van der Waals surface area (Å²) in [6.45, 7) is 0.426. The molecule has 20 heavy (non-hydrogen) atoms. The van der Waals surface area contributed by atoms with E-state index in [1.807, 2.05) is 0 Å². The molecule has 1 aliphatic heterocycles. The van der Waals surface area contributed by atoms with Crippen molar-refractivity contribution in [1.29, 1.82) is 0 Å². The Morgan fingerprint density at radius 1 is 1.25 bits per heavy atom. The van der Waals surface area contributed by atoms with Crippen molar-refractivity contribution in [3.8, 4) is 0 Å². The van der Waals surface area contributed by atoms with Gasteiger partial charge in [-0.1, -0.05) is 6.07 Å². The molecule has 2 rings (SSSR count). The predicted molar refractivity (Wildman–Crippen MR) is 74.9 cm³/mol. The van der Waals surface area contributed by atoms with Crippen molar-refractivity contribution < 1.29 is 18.0 Å². The third-order valence-corrected chi connectivity index (χ3v) is 4.79. The van der Waals surface area contributed by atoms with E-state index in [4.69, 9.17) is 0 Å². The van der Waals surface area contributed by atoms with Gasteiger partial charge in [0.2, 0.25) is 10.0 Å². The van der Waals surface area contributed by atoms with Crippen LogP contribution in [0.4, 0.5) is 11.4 Å². The summed E-state index contributed by atoms with van der Waals surface area (Å²) in [7, 11) is -1.91. The normalized spacial score (nSPS) is 16.8. The van der Waals surface area contributed by atoms with Gasteiger partial charge in [-0.3, -0.25) is 13.9 Å². The molecule has 0 radical (unpaired) electrons. The molecule has 1 aliphatic rings. The Morgan fingerprint density at radius 2 is 2.00 bits per heavy atom. The van der Waals surface area contributed by atoms with Crippen LogP contribution in [0.25, 0.3) is 0 Å². The zero-order valence-corrected chi connectivity index (χ0v) is 11.7. The molecule has 0 aromatic heterocycles. The lowest BCUT2D eigenvalue weighted by Crippen LogP contribution is -2.32. The first-order valence-corrected chi connectivity index (χ1v) is 7.68. The van der Waals surface area contributed by atoms with E-state index < -0.39 is 21.8 Å². The molecule has 0 spiro atoms. The van der Waals surface area contributed by atoms with Gasteiger partial charge in [0.05, 0.1) is 11.4 Å². The Labute approximate surface area is 117 Å². The summed E-state index contributed by atoms with van der Waals surface area (Å²) in [6.07, 6.45) is 0.581. The second-order valence-electron chi connectivity index (χ2n) is 4.33. The predicted octanol–water partition coefficient (Wildman–Crippen LogP) is -0.0890. The van der Waals surface area contributed by atoms with Crippen LogP contribution in [0, 0.1) is 0 Å². The van der Waals surface area contributed by atoms with E-state index in [1.54, 1.807) is 18.2 Å². The van der Waals surface area contributed by atoms with E-state index in [0.717, 1.165) is 0 Å². The Kier molecular flexibility index (Phi) is 3.93. The minimum absolute atomic E-state index is 0.127. The lowest BCUT2D eigenvalue weighted by atomic mass is 10.2. The van der Waals surface area contributed by atoms with Gasteiger partial charge in [0.1, 0.15) is 0 Å². The first-order valence-electron chi connectivity index (χ1n) is 6.07. The van der Waals surface area contributed by atoms with Crippen LogP contribution in [0.1, 0.15) is 6.42 Å². The zero-order valence-electron chi connectivity index (χ0n) is 10.9. The van der Waals surface area contributed by atoms with Crippen molar-refractivity contribution in [3.05, 3.63) is 24.3 Å². The molecule has 0 unspecified atom stereocenters. The molecule has 0 atom stereocenters. The molecule has 2 N–H and O–H groups in total. The largest absolute Gasteiger partial charge is 0.351 e. The lowest BCUT2D eigenvalue weighted by Gasteiger charge is -2.17. The number of nitrogens with one attached hydrogen (secondary N) is 2. The maximum atomic E-state index is 11.8. The van der Waals surface area contributed by atoms with Crippen molar-refractivity contribution in [2.24, 2.45) is 0 Å². The quantitative estimate of drug-likeness (QED) is 0.746. The molecule has 1 heterocycles. The molecule has 0 aliphatic carbocycles. The molecule has 0 saturated carbocycles. The van der Waals surface area contributed by atoms with Crippen LogP contribution in [-0.2, 0) is 19.6 Å². The standard InChI is InChI=1S/C12H15N3O4S/c1-13-11(16)12(17)14-9-4-2-5-10(8-9)15-6-3-7-20(15,18)19/h2,4-5,8H,3,6-7H2,1H3,(H,13,16)(H,14,17). The molecule has 1 aromatic carbocycles. The summed E-state index contributed by atoms with van der Waals surface area (Å²) >= 11 is 0. The van der Waals surface area contributed by atoms with Crippen molar-refractivity contribution in [2.45, 2.75) is 6.42 Å². The van der Waals surface area contributed by atoms with Gasteiger partial charge in [-0.2, -0.15) is 0 Å². The summed E-state index contributed by atoms with van der Waals surface area (Å²) in [5.41, 5.74) is 0.857. The van der Waals surface area contributed by atoms with E-state index in [9.17, 15) is 18.0 Å². The number of nitrogens with zero attached hydrogens (tertiary/aromatic N) is 1. The van der Waals surface area contributed by atoms with Crippen molar-refractivity contribution in [3.63, 3.8) is 0 Å². The minimum Gasteiger partial charge on any atom is -0.351 e. The summed E-state index contributed by atoms with van der Waals surface area (Å²) in [4.78, 5) is 22.6. The van der Waals surface area contributed by atoms with Gasteiger partial charge in [0.15, 0.2) is 0 Å². The van der Waals surface area contributed by atoms with Crippen LogP contribution in [0.3, 0.4) is 0 Å². The van der Waals surface area contributed by atoms with E-state index in [-0.39, 0.29) is 5.75 Å². The number of hydrogen-bond donors (Lipinski definition) is 2. The Morgan fingerprint density at radius 3 is 2.60 bits per heavy atom. The number of anilines is 2. The Balaban J connectivity index is 2.21. The molecule has 7 nitrogen and oxygen atoms in total. The van der Waals surface area contributed by atoms with Gasteiger partial charge in [0.25, 0.3) is 0 Å². The third kappa shape index (κ3) is 2.90.